The van der Waals surface area contributed by atoms with Gasteiger partial charge in [0.15, 0.2) is 6.61 Å². The summed E-state index contributed by atoms with van der Waals surface area (Å²) in [7, 11) is 0. The number of rotatable bonds is 8. The normalized spacial score (nSPS) is 10.4. The van der Waals surface area contributed by atoms with Gasteiger partial charge in [0, 0.05) is 23.7 Å². The number of anilines is 1. The number of esters is 1. The van der Waals surface area contributed by atoms with Crippen molar-refractivity contribution in [3.63, 3.8) is 0 Å². The molecule has 8 nitrogen and oxygen atoms in total. The van der Waals surface area contributed by atoms with E-state index in [-0.39, 0.29) is 12.1 Å². The van der Waals surface area contributed by atoms with Gasteiger partial charge in [0.1, 0.15) is 11.5 Å². The van der Waals surface area contributed by atoms with E-state index in [0.29, 0.717) is 17.9 Å². The summed E-state index contributed by atoms with van der Waals surface area (Å²) in [4.78, 5) is 33.5. The summed E-state index contributed by atoms with van der Waals surface area (Å²) < 4.78 is 23.9. The van der Waals surface area contributed by atoms with E-state index < -0.39 is 34.9 Å². The van der Waals surface area contributed by atoms with Gasteiger partial charge in [0.25, 0.3) is 5.91 Å². The molecule has 0 aliphatic carbocycles. The highest BCUT2D eigenvalue weighted by atomic mass is 19.1. The van der Waals surface area contributed by atoms with Crippen molar-refractivity contribution in [3.8, 4) is 11.3 Å². The fraction of sp³-hybridized carbons (Fsp3) is 0.143. The molecular weight excluding hydrogens is 395 g/mol. The summed E-state index contributed by atoms with van der Waals surface area (Å²) in [6.45, 7) is -0.572. The summed E-state index contributed by atoms with van der Waals surface area (Å²) in [6, 6.07) is 16.0. The second kappa shape index (κ2) is 9.46. The first-order valence-corrected chi connectivity index (χ1v) is 8.96. The Morgan fingerprint density at radius 2 is 1.87 bits per heavy atom. The number of nitrogens with zero attached hydrogens (tertiary/aromatic N) is 1. The molecule has 154 valence electrons. The van der Waals surface area contributed by atoms with Gasteiger partial charge in [-0.1, -0.05) is 30.3 Å². The highest BCUT2D eigenvalue weighted by Crippen LogP contribution is 2.23. The van der Waals surface area contributed by atoms with Gasteiger partial charge in [-0.3, -0.25) is 19.7 Å². The number of aryl methyl sites for hydroxylation is 1. The Labute approximate surface area is 170 Å². The van der Waals surface area contributed by atoms with Crippen LogP contribution in [0.3, 0.4) is 0 Å². The second-order valence-electron chi connectivity index (χ2n) is 6.26. The molecule has 1 amide bonds. The molecule has 0 radical (unpaired) electrons. The van der Waals surface area contributed by atoms with Crippen molar-refractivity contribution in [2.75, 3.05) is 11.9 Å². The molecule has 3 rings (SSSR count). The van der Waals surface area contributed by atoms with Crippen LogP contribution in [0.4, 0.5) is 15.8 Å². The van der Waals surface area contributed by atoms with E-state index in [4.69, 9.17) is 9.15 Å². The SMILES string of the molecule is O=C(COC(=O)CCc1ccc(-c2ccccc2)o1)Nc1ccc(F)c([N+](=O)[O-])c1. The van der Waals surface area contributed by atoms with Gasteiger partial charge in [-0.25, -0.2) is 0 Å². The highest BCUT2D eigenvalue weighted by molar-refractivity contribution is 5.93. The molecule has 0 fully saturated rings. The van der Waals surface area contributed by atoms with Crippen molar-refractivity contribution in [1.29, 1.82) is 0 Å². The first-order valence-electron chi connectivity index (χ1n) is 8.96. The lowest BCUT2D eigenvalue weighted by Gasteiger charge is -2.06. The molecule has 1 N–H and O–H groups in total. The van der Waals surface area contributed by atoms with E-state index in [0.717, 1.165) is 17.7 Å². The minimum absolute atomic E-state index is 0.0110. The van der Waals surface area contributed by atoms with Gasteiger partial charge in [-0.2, -0.15) is 4.39 Å². The van der Waals surface area contributed by atoms with Gasteiger partial charge in [-0.05, 0) is 24.3 Å². The topological polar surface area (TPSA) is 112 Å². The predicted molar refractivity (Wildman–Crippen MR) is 105 cm³/mol. The highest BCUT2D eigenvalue weighted by Gasteiger charge is 2.16. The summed E-state index contributed by atoms with van der Waals surface area (Å²) in [6.07, 6.45) is 0.314. The summed E-state index contributed by atoms with van der Waals surface area (Å²) in [5, 5.41) is 13.0. The second-order valence-corrected chi connectivity index (χ2v) is 6.26. The molecule has 1 heterocycles. The Balaban J connectivity index is 1.45. The van der Waals surface area contributed by atoms with Crippen LogP contribution in [0.25, 0.3) is 11.3 Å². The molecule has 2 aromatic carbocycles. The van der Waals surface area contributed by atoms with Crippen LogP contribution in [0.15, 0.2) is 65.1 Å². The van der Waals surface area contributed by atoms with Crippen LogP contribution in [0.5, 0.6) is 0 Å². The molecule has 0 atom stereocenters. The Morgan fingerprint density at radius 3 is 2.60 bits per heavy atom. The Kier molecular flexibility index (Phi) is 6.53. The number of hydrogen-bond acceptors (Lipinski definition) is 6. The Hall–Kier alpha value is -4.01. The molecule has 0 spiro atoms. The van der Waals surface area contributed by atoms with Crippen LogP contribution < -0.4 is 5.32 Å². The van der Waals surface area contributed by atoms with Gasteiger partial charge < -0.3 is 14.5 Å². The van der Waals surface area contributed by atoms with Gasteiger partial charge >= 0.3 is 11.7 Å². The number of benzene rings is 2. The van der Waals surface area contributed by atoms with Crippen molar-refractivity contribution in [3.05, 3.63) is 82.4 Å². The molecular formula is C21H17FN2O6. The smallest absolute Gasteiger partial charge is 0.306 e. The fourth-order valence-corrected chi connectivity index (χ4v) is 2.64. The lowest BCUT2D eigenvalue weighted by Crippen LogP contribution is -2.21. The molecule has 9 heteroatoms. The first kappa shape index (κ1) is 20.7. The number of carbonyl (C=O) groups is 2. The number of hydrogen-bond donors (Lipinski definition) is 1. The Bertz CT molecular complexity index is 1060. The third-order valence-corrected chi connectivity index (χ3v) is 4.09. The molecule has 3 aromatic rings. The molecule has 30 heavy (non-hydrogen) atoms. The predicted octanol–water partition coefficient (Wildman–Crippen LogP) is 4.11. The van der Waals surface area contributed by atoms with Crippen LogP contribution >= 0.6 is 0 Å². The third kappa shape index (κ3) is 5.51. The monoisotopic (exact) mass is 412 g/mol. The largest absolute Gasteiger partial charge is 0.461 e. The lowest BCUT2D eigenvalue weighted by atomic mass is 10.2. The number of nitro groups is 1. The van der Waals surface area contributed by atoms with E-state index in [1.54, 1.807) is 6.07 Å². The molecule has 1 aromatic heterocycles. The van der Waals surface area contributed by atoms with Crippen molar-refractivity contribution >= 4 is 23.3 Å². The summed E-state index contributed by atoms with van der Waals surface area (Å²) in [5.74, 6) is -1.03. The number of furan rings is 1. The van der Waals surface area contributed by atoms with Gasteiger partial charge in [-0.15, -0.1) is 0 Å². The zero-order valence-electron chi connectivity index (χ0n) is 15.7. The molecule has 0 saturated heterocycles. The van der Waals surface area contributed by atoms with Crippen molar-refractivity contribution in [2.45, 2.75) is 12.8 Å². The van der Waals surface area contributed by atoms with E-state index in [9.17, 15) is 24.1 Å². The standard InChI is InChI=1S/C21H17FN2O6/c22-17-9-6-15(12-18(17)24(27)28)23-20(25)13-29-21(26)11-8-16-7-10-19(30-16)14-4-2-1-3-5-14/h1-7,9-10,12H,8,11,13H2,(H,23,25). The number of ether oxygens (including phenoxy) is 1. The van der Waals surface area contributed by atoms with Crippen molar-refractivity contribution in [2.24, 2.45) is 0 Å². The minimum Gasteiger partial charge on any atom is -0.461 e. The number of halogens is 1. The third-order valence-electron chi connectivity index (χ3n) is 4.09. The Morgan fingerprint density at radius 1 is 1.10 bits per heavy atom. The molecule has 0 aliphatic rings. The zero-order valence-corrected chi connectivity index (χ0v) is 15.7. The first-order chi connectivity index (χ1) is 14.4. The summed E-state index contributed by atoms with van der Waals surface area (Å²) >= 11 is 0. The van der Waals surface area contributed by atoms with Gasteiger partial charge in [0.05, 0.1) is 11.3 Å². The lowest BCUT2D eigenvalue weighted by molar-refractivity contribution is -0.387. The summed E-state index contributed by atoms with van der Waals surface area (Å²) in [5.41, 5.74) is 0.176. The molecule has 0 saturated carbocycles. The average Bonchev–Trinajstić information content (AvgIpc) is 3.22. The zero-order chi connectivity index (χ0) is 21.5. The minimum atomic E-state index is -1.02. The van der Waals surface area contributed by atoms with Crippen LogP contribution in [0, 0.1) is 15.9 Å². The van der Waals surface area contributed by atoms with E-state index in [1.807, 2.05) is 36.4 Å². The van der Waals surface area contributed by atoms with Crippen LogP contribution in [0.1, 0.15) is 12.2 Å². The van der Waals surface area contributed by atoms with E-state index in [2.05, 4.69) is 5.32 Å². The van der Waals surface area contributed by atoms with Crippen LogP contribution in [-0.2, 0) is 20.7 Å². The van der Waals surface area contributed by atoms with Crippen molar-refractivity contribution in [1.82, 2.24) is 0 Å². The van der Waals surface area contributed by atoms with Crippen molar-refractivity contribution < 1.29 is 28.1 Å². The fourth-order valence-electron chi connectivity index (χ4n) is 2.64. The molecule has 0 bridgehead atoms. The number of nitrogens with one attached hydrogen (secondary N) is 1. The molecule has 0 aliphatic heterocycles. The number of nitro benzene ring substituents is 1. The maximum Gasteiger partial charge on any atom is 0.306 e. The number of carbonyl (C=O) groups excluding carboxylic acids is 2. The maximum absolute atomic E-state index is 13.3. The maximum atomic E-state index is 13.3. The number of amides is 1. The van der Waals surface area contributed by atoms with E-state index in [1.165, 1.54) is 6.07 Å². The average molecular weight is 412 g/mol. The van der Waals surface area contributed by atoms with Gasteiger partial charge in [0.2, 0.25) is 5.82 Å². The van der Waals surface area contributed by atoms with E-state index >= 15 is 0 Å². The molecule has 0 unspecified atom stereocenters. The van der Waals surface area contributed by atoms with Crippen LogP contribution in [-0.4, -0.2) is 23.4 Å². The quantitative estimate of drug-likeness (QED) is 0.339. The van der Waals surface area contributed by atoms with Crippen LogP contribution in [0.2, 0.25) is 0 Å².